The summed E-state index contributed by atoms with van der Waals surface area (Å²) in [6.45, 7) is 6.58. The minimum absolute atomic E-state index is 0.187. The third-order valence-corrected chi connectivity index (χ3v) is 4.90. The van der Waals surface area contributed by atoms with Crippen LogP contribution in [-0.4, -0.2) is 27.7 Å². The average molecular weight is 399 g/mol. The molecule has 6 nitrogen and oxygen atoms in total. The number of nitrogens with zero attached hydrogens (tertiary/aromatic N) is 2. The van der Waals surface area contributed by atoms with E-state index >= 15 is 0 Å². The van der Waals surface area contributed by atoms with E-state index in [2.05, 4.69) is 29.5 Å². The summed E-state index contributed by atoms with van der Waals surface area (Å²) in [6, 6.07) is 10.7. The van der Waals surface area contributed by atoms with Gasteiger partial charge in [-0.05, 0) is 49.1 Å². The van der Waals surface area contributed by atoms with Gasteiger partial charge >= 0.3 is 0 Å². The van der Waals surface area contributed by atoms with Crippen LogP contribution in [0.4, 0.5) is 5.69 Å². The normalized spacial score (nSPS) is 11.0. The van der Waals surface area contributed by atoms with Gasteiger partial charge in [-0.1, -0.05) is 37.6 Å². The van der Waals surface area contributed by atoms with Crippen LogP contribution in [0.15, 0.2) is 42.6 Å². The fourth-order valence-corrected chi connectivity index (χ4v) is 3.02. The van der Waals surface area contributed by atoms with Crippen molar-refractivity contribution in [2.24, 2.45) is 5.92 Å². The summed E-state index contributed by atoms with van der Waals surface area (Å²) in [5.41, 5.74) is 2.13. The number of imidazole rings is 1. The summed E-state index contributed by atoms with van der Waals surface area (Å²) in [7, 11) is 0. The molecule has 0 spiro atoms. The predicted molar refractivity (Wildman–Crippen MR) is 111 cm³/mol. The topological polar surface area (TPSA) is 75.5 Å². The van der Waals surface area contributed by atoms with Gasteiger partial charge in [-0.25, -0.2) is 4.98 Å². The molecular weight excluding hydrogens is 376 g/mol. The number of halogens is 1. The molecule has 3 aromatic rings. The molecule has 2 N–H and O–H groups in total. The molecule has 0 aliphatic heterocycles. The number of carbonyl (C=O) groups excluding carboxylic acids is 2. The SMILES string of the molecule is Cc1c(Cl)cccc1NC(=O)c1nc(C(=O)NCCC(C)C)n2ccccc12. The number of fused-ring (bicyclic) bond motifs is 1. The fourth-order valence-electron chi connectivity index (χ4n) is 2.84. The standard InChI is InChI=1S/C21H23ClN4O2/c1-13(2)10-11-23-21(28)19-25-18(17-9-4-5-12-26(17)19)20(27)24-16-8-6-7-15(22)14(16)3/h4-9,12-13H,10-11H2,1-3H3,(H,23,28)(H,24,27). The highest BCUT2D eigenvalue weighted by atomic mass is 35.5. The van der Waals surface area contributed by atoms with E-state index in [1.54, 1.807) is 47.0 Å². The molecule has 0 bridgehead atoms. The van der Waals surface area contributed by atoms with E-state index in [4.69, 9.17) is 11.6 Å². The maximum atomic E-state index is 12.9. The van der Waals surface area contributed by atoms with Gasteiger partial charge < -0.3 is 10.6 Å². The molecule has 0 saturated heterocycles. The van der Waals surface area contributed by atoms with Crippen LogP contribution in [0.1, 0.15) is 46.9 Å². The number of pyridine rings is 1. The number of anilines is 1. The molecule has 2 amide bonds. The average Bonchev–Trinajstić information content (AvgIpc) is 3.05. The van der Waals surface area contributed by atoms with E-state index in [9.17, 15) is 9.59 Å². The molecule has 146 valence electrons. The van der Waals surface area contributed by atoms with Crippen LogP contribution in [0.5, 0.6) is 0 Å². The van der Waals surface area contributed by atoms with Crippen LogP contribution < -0.4 is 10.6 Å². The van der Waals surface area contributed by atoms with Gasteiger partial charge in [0.25, 0.3) is 11.8 Å². The maximum Gasteiger partial charge on any atom is 0.287 e. The van der Waals surface area contributed by atoms with E-state index in [1.165, 1.54) is 0 Å². The molecule has 0 atom stereocenters. The Labute approximate surface area is 168 Å². The zero-order valence-corrected chi connectivity index (χ0v) is 16.9. The monoisotopic (exact) mass is 398 g/mol. The Hall–Kier alpha value is -2.86. The number of nitrogens with one attached hydrogen (secondary N) is 2. The number of rotatable bonds is 6. The second kappa shape index (κ2) is 8.44. The zero-order valence-electron chi connectivity index (χ0n) is 16.1. The van der Waals surface area contributed by atoms with Crippen LogP contribution in [0.3, 0.4) is 0 Å². The Morgan fingerprint density at radius 2 is 1.93 bits per heavy atom. The van der Waals surface area contributed by atoms with Gasteiger partial charge in [0.15, 0.2) is 5.69 Å². The lowest BCUT2D eigenvalue weighted by Gasteiger charge is -2.08. The van der Waals surface area contributed by atoms with E-state index in [1.807, 2.05) is 6.92 Å². The van der Waals surface area contributed by atoms with E-state index < -0.39 is 5.91 Å². The second-order valence-electron chi connectivity index (χ2n) is 7.04. The first-order chi connectivity index (χ1) is 13.4. The lowest BCUT2D eigenvalue weighted by atomic mass is 10.1. The lowest BCUT2D eigenvalue weighted by Crippen LogP contribution is -2.27. The zero-order chi connectivity index (χ0) is 20.3. The highest BCUT2D eigenvalue weighted by molar-refractivity contribution is 6.31. The van der Waals surface area contributed by atoms with Crippen molar-refractivity contribution in [2.75, 3.05) is 11.9 Å². The van der Waals surface area contributed by atoms with Crippen molar-refractivity contribution >= 4 is 34.6 Å². The molecular formula is C21H23ClN4O2. The Morgan fingerprint density at radius 3 is 2.68 bits per heavy atom. The number of aromatic nitrogens is 2. The molecule has 3 rings (SSSR count). The van der Waals surface area contributed by atoms with E-state index in [0.717, 1.165) is 12.0 Å². The minimum Gasteiger partial charge on any atom is -0.349 e. The van der Waals surface area contributed by atoms with Crippen molar-refractivity contribution in [1.29, 1.82) is 0 Å². The number of benzene rings is 1. The molecule has 1 aromatic carbocycles. The maximum absolute atomic E-state index is 12.9. The Morgan fingerprint density at radius 1 is 1.14 bits per heavy atom. The molecule has 0 saturated carbocycles. The van der Waals surface area contributed by atoms with Crippen molar-refractivity contribution in [2.45, 2.75) is 27.2 Å². The molecule has 0 unspecified atom stereocenters. The molecule has 0 aliphatic rings. The molecule has 7 heteroatoms. The second-order valence-corrected chi connectivity index (χ2v) is 7.45. The number of carbonyl (C=O) groups is 2. The summed E-state index contributed by atoms with van der Waals surface area (Å²) < 4.78 is 1.63. The van der Waals surface area contributed by atoms with Crippen molar-refractivity contribution in [3.63, 3.8) is 0 Å². The third-order valence-electron chi connectivity index (χ3n) is 4.49. The first-order valence-electron chi connectivity index (χ1n) is 9.20. The summed E-state index contributed by atoms with van der Waals surface area (Å²) in [4.78, 5) is 29.8. The van der Waals surface area contributed by atoms with Gasteiger partial charge in [0.2, 0.25) is 5.82 Å². The Kier molecular flexibility index (Phi) is 5.99. The smallest absolute Gasteiger partial charge is 0.287 e. The predicted octanol–water partition coefficient (Wildman–Crippen LogP) is 4.32. The van der Waals surface area contributed by atoms with Gasteiger partial charge in [-0.15, -0.1) is 0 Å². The largest absolute Gasteiger partial charge is 0.349 e. The van der Waals surface area contributed by atoms with Crippen molar-refractivity contribution in [3.8, 4) is 0 Å². The first kappa shape index (κ1) is 19.9. The van der Waals surface area contributed by atoms with Crippen molar-refractivity contribution in [3.05, 3.63) is 64.7 Å². The number of hydrogen-bond acceptors (Lipinski definition) is 3. The summed E-state index contributed by atoms with van der Waals surface area (Å²) in [5, 5.41) is 6.28. The van der Waals surface area contributed by atoms with Crippen LogP contribution in [-0.2, 0) is 0 Å². The summed E-state index contributed by atoms with van der Waals surface area (Å²) >= 11 is 6.13. The van der Waals surface area contributed by atoms with Crippen LogP contribution in [0.2, 0.25) is 5.02 Å². The van der Waals surface area contributed by atoms with Crippen molar-refractivity contribution in [1.82, 2.24) is 14.7 Å². The number of hydrogen-bond donors (Lipinski definition) is 2. The molecule has 28 heavy (non-hydrogen) atoms. The Balaban J connectivity index is 1.90. The van der Waals surface area contributed by atoms with E-state index in [-0.39, 0.29) is 17.4 Å². The molecule has 2 aromatic heterocycles. The van der Waals surface area contributed by atoms with Gasteiger partial charge in [0.05, 0.1) is 5.52 Å². The molecule has 0 fully saturated rings. The molecule has 0 radical (unpaired) electrons. The van der Waals surface area contributed by atoms with Gasteiger partial charge in [-0.2, -0.15) is 0 Å². The third kappa shape index (κ3) is 4.17. The quantitative estimate of drug-likeness (QED) is 0.649. The van der Waals surface area contributed by atoms with Gasteiger partial charge in [0, 0.05) is 23.5 Å². The van der Waals surface area contributed by atoms with Crippen LogP contribution in [0.25, 0.3) is 5.52 Å². The van der Waals surface area contributed by atoms with Crippen LogP contribution >= 0.6 is 11.6 Å². The first-order valence-corrected chi connectivity index (χ1v) is 9.58. The van der Waals surface area contributed by atoms with E-state index in [0.29, 0.717) is 28.7 Å². The number of amides is 2. The lowest BCUT2D eigenvalue weighted by molar-refractivity contribution is 0.0941. The highest BCUT2D eigenvalue weighted by Gasteiger charge is 2.22. The summed E-state index contributed by atoms with van der Waals surface area (Å²) in [5.74, 6) is -0.0259. The molecule has 0 aliphatic carbocycles. The minimum atomic E-state index is -0.393. The van der Waals surface area contributed by atoms with Crippen LogP contribution in [0, 0.1) is 12.8 Å². The van der Waals surface area contributed by atoms with Gasteiger partial charge in [0.1, 0.15) is 0 Å². The fraction of sp³-hybridized carbons (Fsp3) is 0.286. The van der Waals surface area contributed by atoms with Gasteiger partial charge in [-0.3, -0.25) is 14.0 Å². The summed E-state index contributed by atoms with van der Waals surface area (Å²) in [6.07, 6.45) is 2.59. The Bertz CT molecular complexity index is 1030. The van der Waals surface area contributed by atoms with Crippen molar-refractivity contribution < 1.29 is 9.59 Å². The molecule has 2 heterocycles. The highest BCUT2D eigenvalue weighted by Crippen LogP contribution is 2.24.